The van der Waals surface area contributed by atoms with Gasteiger partial charge in [-0.1, -0.05) is 11.6 Å². The number of ether oxygens (including phenoxy) is 2. The van der Waals surface area contributed by atoms with Crippen LogP contribution in [0.15, 0.2) is 16.7 Å². The lowest BCUT2D eigenvalue weighted by molar-refractivity contribution is 0.0237. The molecular formula is C10H11BrClNO2. The summed E-state index contributed by atoms with van der Waals surface area (Å²) in [7, 11) is 0. The summed E-state index contributed by atoms with van der Waals surface area (Å²) < 4.78 is 11.8. The molecule has 1 saturated heterocycles. The lowest BCUT2D eigenvalue weighted by atomic mass is 10.1. The third kappa shape index (κ3) is 2.83. The van der Waals surface area contributed by atoms with Crippen LogP contribution in [0.1, 0.15) is 12.8 Å². The second-order valence-electron chi connectivity index (χ2n) is 3.34. The van der Waals surface area contributed by atoms with Gasteiger partial charge in [0, 0.05) is 23.5 Å². The lowest BCUT2D eigenvalue weighted by Crippen LogP contribution is -2.26. The Kier molecular flexibility index (Phi) is 3.83. The quantitative estimate of drug-likeness (QED) is 0.839. The van der Waals surface area contributed by atoms with E-state index < -0.39 is 0 Å². The second-order valence-corrected chi connectivity index (χ2v) is 4.57. The van der Waals surface area contributed by atoms with Crippen LogP contribution in [0.5, 0.6) is 5.88 Å². The zero-order valence-corrected chi connectivity index (χ0v) is 10.4. The largest absolute Gasteiger partial charge is 0.473 e. The van der Waals surface area contributed by atoms with Gasteiger partial charge in [0.1, 0.15) is 11.1 Å². The average molecular weight is 293 g/mol. The Bertz CT molecular complexity index is 342. The van der Waals surface area contributed by atoms with Crippen LogP contribution in [0, 0.1) is 0 Å². The molecule has 15 heavy (non-hydrogen) atoms. The summed E-state index contributed by atoms with van der Waals surface area (Å²) in [6.07, 6.45) is 3.62. The first-order chi connectivity index (χ1) is 7.27. The van der Waals surface area contributed by atoms with Crippen LogP contribution in [0.2, 0.25) is 5.02 Å². The van der Waals surface area contributed by atoms with Crippen molar-refractivity contribution in [2.24, 2.45) is 0 Å². The van der Waals surface area contributed by atoms with Crippen LogP contribution in [0.25, 0.3) is 0 Å². The molecule has 1 fully saturated rings. The maximum atomic E-state index is 6.05. The van der Waals surface area contributed by atoms with Gasteiger partial charge in [-0.3, -0.25) is 0 Å². The van der Waals surface area contributed by atoms with Crippen molar-refractivity contribution in [1.29, 1.82) is 0 Å². The molecule has 5 heteroatoms. The first kappa shape index (κ1) is 11.2. The first-order valence-electron chi connectivity index (χ1n) is 4.82. The molecule has 0 bridgehead atoms. The summed E-state index contributed by atoms with van der Waals surface area (Å²) in [5.41, 5.74) is 0. The third-order valence-electron chi connectivity index (χ3n) is 2.26. The highest BCUT2D eigenvalue weighted by molar-refractivity contribution is 9.10. The van der Waals surface area contributed by atoms with E-state index in [0.29, 0.717) is 10.9 Å². The minimum atomic E-state index is 0.165. The van der Waals surface area contributed by atoms with Crippen LogP contribution >= 0.6 is 27.5 Å². The van der Waals surface area contributed by atoms with Gasteiger partial charge in [0.15, 0.2) is 0 Å². The fourth-order valence-corrected chi connectivity index (χ4v) is 1.88. The second kappa shape index (κ2) is 5.14. The predicted octanol–water partition coefficient (Wildman–Crippen LogP) is 3.06. The Morgan fingerprint density at radius 1 is 1.47 bits per heavy atom. The molecule has 0 radical (unpaired) electrons. The molecule has 0 aromatic carbocycles. The molecule has 0 unspecified atom stereocenters. The molecule has 1 aliphatic heterocycles. The topological polar surface area (TPSA) is 31.4 Å². The molecule has 1 aromatic rings. The zero-order valence-electron chi connectivity index (χ0n) is 8.08. The molecular weight excluding hydrogens is 281 g/mol. The number of rotatable bonds is 2. The Morgan fingerprint density at radius 3 is 2.93 bits per heavy atom. The van der Waals surface area contributed by atoms with Crippen molar-refractivity contribution >= 4 is 27.5 Å². The SMILES string of the molecule is Clc1c(Br)ccnc1OC1CCOCC1. The maximum Gasteiger partial charge on any atom is 0.234 e. The third-order valence-corrected chi connectivity index (χ3v) is 3.51. The van der Waals surface area contributed by atoms with E-state index in [0.717, 1.165) is 30.5 Å². The van der Waals surface area contributed by atoms with E-state index in [1.54, 1.807) is 12.3 Å². The van der Waals surface area contributed by atoms with Crippen molar-refractivity contribution in [3.05, 3.63) is 21.8 Å². The number of halogens is 2. The summed E-state index contributed by atoms with van der Waals surface area (Å²) in [6.45, 7) is 1.49. The van der Waals surface area contributed by atoms with Crippen molar-refractivity contribution < 1.29 is 9.47 Å². The van der Waals surface area contributed by atoms with Crippen molar-refractivity contribution in [2.45, 2.75) is 18.9 Å². The highest BCUT2D eigenvalue weighted by Crippen LogP contribution is 2.31. The monoisotopic (exact) mass is 291 g/mol. The Hall–Kier alpha value is -0.320. The molecule has 0 amide bonds. The zero-order chi connectivity index (χ0) is 10.7. The van der Waals surface area contributed by atoms with E-state index in [2.05, 4.69) is 20.9 Å². The van der Waals surface area contributed by atoms with E-state index in [9.17, 15) is 0 Å². The van der Waals surface area contributed by atoms with Crippen LogP contribution in [-0.4, -0.2) is 24.3 Å². The smallest absolute Gasteiger partial charge is 0.234 e. The molecule has 1 aromatic heterocycles. The normalized spacial score (nSPS) is 17.7. The highest BCUT2D eigenvalue weighted by atomic mass is 79.9. The molecule has 2 rings (SSSR count). The highest BCUT2D eigenvalue weighted by Gasteiger charge is 2.17. The number of hydrogen-bond acceptors (Lipinski definition) is 3. The number of nitrogens with zero attached hydrogens (tertiary/aromatic N) is 1. The van der Waals surface area contributed by atoms with Gasteiger partial charge in [0.25, 0.3) is 0 Å². The molecule has 1 aliphatic rings. The standard InChI is InChI=1S/C10H11BrClNO2/c11-8-1-4-13-10(9(8)12)15-7-2-5-14-6-3-7/h1,4,7H,2-3,5-6H2. The minimum Gasteiger partial charge on any atom is -0.473 e. The van der Waals surface area contributed by atoms with Gasteiger partial charge < -0.3 is 9.47 Å². The van der Waals surface area contributed by atoms with Gasteiger partial charge >= 0.3 is 0 Å². The lowest BCUT2D eigenvalue weighted by Gasteiger charge is -2.23. The summed E-state index contributed by atoms with van der Waals surface area (Å²) in [4.78, 5) is 4.11. The average Bonchev–Trinajstić information content (AvgIpc) is 2.26. The van der Waals surface area contributed by atoms with Crippen LogP contribution < -0.4 is 4.74 Å². The Morgan fingerprint density at radius 2 is 2.20 bits per heavy atom. The maximum absolute atomic E-state index is 6.05. The van der Waals surface area contributed by atoms with Crippen LogP contribution in [0.4, 0.5) is 0 Å². The molecule has 82 valence electrons. The molecule has 3 nitrogen and oxygen atoms in total. The van der Waals surface area contributed by atoms with Crippen LogP contribution in [0.3, 0.4) is 0 Å². The number of hydrogen-bond donors (Lipinski definition) is 0. The summed E-state index contributed by atoms with van der Waals surface area (Å²) >= 11 is 9.38. The van der Waals surface area contributed by atoms with Crippen molar-refractivity contribution in [3.63, 3.8) is 0 Å². The van der Waals surface area contributed by atoms with E-state index in [1.807, 2.05) is 0 Å². The van der Waals surface area contributed by atoms with Crippen LogP contribution in [-0.2, 0) is 4.74 Å². The number of aromatic nitrogens is 1. The van der Waals surface area contributed by atoms with Crippen molar-refractivity contribution in [2.75, 3.05) is 13.2 Å². The van der Waals surface area contributed by atoms with Gasteiger partial charge in [-0.25, -0.2) is 4.98 Å². The fraction of sp³-hybridized carbons (Fsp3) is 0.500. The van der Waals surface area contributed by atoms with E-state index in [4.69, 9.17) is 21.1 Å². The van der Waals surface area contributed by atoms with Crippen molar-refractivity contribution in [3.8, 4) is 5.88 Å². The first-order valence-corrected chi connectivity index (χ1v) is 5.99. The summed E-state index contributed by atoms with van der Waals surface area (Å²) in [6, 6.07) is 1.79. The van der Waals surface area contributed by atoms with E-state index in [1.165, 1.54) is 0 Å². The molecule has 0 N–H and O–H groups in total. The van der Waals surface area contributed by atoms with Crippen molar-refractivity contribution in [1.82, 2.24) is 4.98 Å². The Balaban J connectivity index is 2.06. The molecule has 0 aliphatic carbocycles. The molecule has 0 saturated carbocycles. The van der Waals surface area contributed by atoms with E-state index in [-0.39, 0.29) is 6.10 Å². The van der Waals surface area contributed by atoms with Gasteiger partial charge in [0.2, 0.25) is 5.88 Å². The minimum absolute atomic E-state index is 0.165. The fourth-order valence-electron chi connectivity index (χ4n) is 1.44. The van der Waals surface area contributed by atoms with Gasteiger partial charge in [-0.15, -0.1) is 0 Å². The van der Waals surface area contributed by atoms with Gasteiger partial charge in [-0.05, 0) is 22.0 Å². The van der Waals surface area contributed by atoms with Gasteiger partial charge in [0.05, 0.1) is 13.2 Å². The predicted molar refractivity (Wildman–Crippen MR) is 61.4 cm³/mol. The van der Waals surface area contributed by atoms with Gasteiger partial charge in [-0.2, -0.15) is 0 Å². The van der Waals surface area contributed by atoms with E-state index >= 15 is 0 Å². The molecule has 0 atom stereocenters. The molecule has 2 heterocycles. The summed E-state index contributed by atoms with van der Waals surface area (Å²) in [5.74, 6) is 0.498. The Labute approximate surface area is 102 Å². The molecule has 0 spiro atoms. The number of pyridine rings is 1. The summed E-state index contributed by atoms with van der Waals surface area (Å²) in [5, 5.41) is 0.531.